The summed E-state index contributed by atoms with van der Waals surface area (Å²) >= 11 is 0.412. The van der Waals surface area contributed by atoms with Crippen LogP contribution in [0.15, 0.2) is 52.3 Å². The van der Waals surface area contributed by atoms with Gasteiger partial charge in [-0.25, -0.2) is 8.42 Å². The minimum atomic E-state index is -3.76. The third kappa shape index (κ3) is 5.28. The normalized spacial score (nSPS) is 15.2. The number of methoxy groups -OCH3 is 2. The van der Waals surface area contributed by atoms with Crippen LogP contribution in [0, 0.1) is 0 Å². The van der Waals surface area contributed by atoms with E-state index in [-0.39, 0.29) is 37.0 Å². The number of sulfonamides is 1. The Morgan fingerprint density at radius 2 is 1.58 bits per heavy atom. The molecule has 1 aliphatic heterocycles. The molecule has 0 saturated carbocycles. The van der Waals surface area contributed by atoms with E-state index in [9.17, 15) is 22.0 Å². The van der Waals surface area contributed by atoms with Gasteiger partial charge in [-0.1, -0.05) is 11.8 Å². The predicted molar refractivity (Wildman–Crippen MR) is 113 cm³/mol. The number of rotatable bonds is 7. The van der Waals surface area contributed by atoms with E-state index in [0.29, 0.717) is 33.7 Å². The molecule has 7 nitrogen and oxygen atoms in total. The van der Waals surface area contributed by atoms with E-state index >= 15 is 0 Å². The van der Waals surface area contributed by atoms with Crippen LogP contribution in [0.4, 0.5) is 8.78 Å². The van der Waals surface area contributed by atoms with E-state index in [1.165, 1.54) is 61.0 Å². The molecule has 31 heavy (non-hydrogen) atoms. The number of carbonyl (C=O) groups excluding carboxylic acids is 1. The fraction of sp³-hybridized carbons (Fsp3) is 0.350. The van der Waals surface area contributed by atoms with Gasteiger partial charge in [-0.15, -0.1) is 0 Å². The molecule has 0 aromatic heterocycles. The molecular weight excluding hydrogens is 450 g/mol. The molecule has 0 bridgehead atoms. The second-order valence-corrected chi connectivity index (χ2v) is 9.62. The Kier molecular flexibility index (Phi) is 7.39. The van der Waals surface area contributed by atoms with Gasteiger partial charge in [0.15, 0.2) is 11.5 Å². The highest BCUT2D eigenvalue weighted by molar-refractivity contribution is 7.99. The number of benzene rings is 2. The van der Waals surface area contributed by atoms with Gasteiger partial charge >= 0.3 is 0 Å². The average molecular weight is 473 g/mol. The second-order valence-electron chi connectivity index (χ2n) is 6.62. The van der Waals surface area contributed by atoms with Crippen molar-refractivity contribution in [3.63, 3.8) is 0 Å². The number of thioether (sulfide) groups is 1. The van der Waals surface area contributed by atoms with Crippen molar-refractivity contribution in [1.82, 2.24) is 9.21 Å². The van der Waals surface area contributed by atoms with E-state index in [0.717, 1.165) is 0 Å². The second kappa shape index (κ2) is 9.84. The number of ether oxygens (including phenoxy) is 2. The minimum absolute atomic E-state index is 0.0806. The molecule has 0 atom stereocenters. The van der Waals surface area contributed by atoms with Crippen LogP contribution in [0.2, 0.25) is 0 Å². The fourth-order valence-electron chi connectivity index (χ4n) is 3.22. The number of amides is 1. The molecule has 3 rings (SSSR count). The highest BCUT2D eigenvalue weighted by Crippen LogP contribution is 2.31. The molecule has 0 unspecified atom stereocenters. The number of hydrogen-bond acceptors (Lipinski definition) is 6. The van der Waals surface area contributed by atoms with E-state index in [1.807, 2.05) is 0 Å². The summed E-state index contributed by atoms with van der Waals surface area (Å²) < 4.78 is 62.5. The van der Waals surface area contributed by atoms with Crippen molar-refractivity contribution in [1.29, 1.82) is 0 Å². The predicted octanol–water partition coefficient (Wildman–Crippen LogP) is 3.17. The maximum Gasteiger partial charge on any atom is 0.288 e. The molecule has 2 aromatic rings. The van der Waals surface area contributed by atoms with Crippen LogP contribution in [0.25, 0.3) is 0 Å². The minimum Gasteiger partial charge on any atom is -0.493 e. The molecule has 1 aliphatic rings. The van der Waals surface area contributed by atoms with E-state index < -0.39 is 15.8 Å². The van der Waals surface area contributed by atoms with Crippen LogP contribution in [0.1, 0.15) is 10.4 Å². The Labute approximate surface area is 184 Å². The van der Waals surface area contributed by atoms with E-state index in [2.05, 4.69) is 0 Å². The van der Waals surface area contributed by atoms with Gasteiger partial charge in [-0.2, -0.15) is 13.1 Å². The maximum atomic E-state index is 13.0. The van der Waals surface area contributed by atoms with Gasteiger partial charge < -0.3 is 14.4 Å². The lowest BCUT2D eigenvalue weighted by molar-refractivity contribution is 0.0698. The average Bonchev–Trinajstić information content (AvgIpc) is 2.78. The first-order chi connectivity index (χ1) is 14.8. The summed E-state index contributed by atoms with van der Waals surface area (Å²) in [4.78, 5) is 14.7. The van der Waals surface area contributed by atoms with Gasteiger partial charge in [-0.3, -0.25) is 4.79 Å². The van der Waals surface area contributed by atoms with Gasteiger partial charge in [0.05, 0.1) is 19.1 Å². The van der Waals surface area contributed by atoms with Gasteiger partial charge in [-0.05, 0) is 36.4 Å². The Morgan fingerprint density at radius 3 is 2.13 bits per heavy atom. The Balaban J connectivity index is 1.66. The Hall–Kier alpha value is -2.37. The summed E-state index contributed by atoms with van der Waals surface area (Å²) in [6, 6.07) is 10.3. The van der Waals surface area contributed by atoms with Crippen LogP contribution in [-0.2, 0) is 10.0 Å². The molecule has 0 radical (unpaired) electrons. The third-order valence-electron chi connectivity index (χ3n) is 4.85. The Morgan fingerprint density at radius 1 is 0.968 bits per heavy atom. The maximum absolute atomic E-state index is 13.0. The zero-order chi connectivity index (χ0) is 22.6. The van der Waals surface area contributed by atoms with Gasteiger partial charge in [0, 0.05) is 42.7 Å². The summed E-state index contributed by atoms with van der Waals surface area (Å²) in [5, 5.41) is 0. The molecule has 1 amide bonds. The molecule has 0 N–H and O–H groups in total. The monoisotopic (exact) mass is 472 g/mol. The first-order valence-electron chi connectivity index (χ1n) is 9.32. The standard InChI is InChI=1S/C20H22F2N2O5S2/c1-28-17-8-7-16(13-18(17)29-2)31(26,27)24-11-9-23(10-12-24)19(25)14-3-5-15(6-4-14)30-20(21)22/h3-8,13,20H,9-12H2,1-2H3. The smallest absolute Gasteiger partial charge is 0.288 e. The number of nitrogens with zero attached hydrogens (tertiary/aromatic N) is 2. The molecule has 1 heterocycles. The first kappa shape index (κ1) is 23.3. The molecule has 1 saturated heterocycles. The highest BCUT2D eigenvalue weighted by Gasteiger charge is 2.31. The summed E-state index contributed by atoms with van der Waals surface area (Å²) in [6.45, 7) is 0.723. The molecule has 11 heteroatoms. The lowest BCUT2D eigenvalue weighted by Crippen LogP contribution is -2.50. The van der Waals surface area contributed by atoms with Crippen LogP contribution < -0.4 is 9.47 Å². The van der Waals surface area contributed by atoms with Crippen LogP contribution in [0.5, 0.6) is 11.5 Å². The summed E-state index contributed by atoms with van der Waals surface area (Å²) in [7, 11) is -0.871. The summed E-state index contributed by atoms with van der Waals surface area (Å²) in [5.41, 5.74) is 0.370. The van der Waals surface area contributed by atoms with Crippen molar-refractivity contribution in [2.45, 2.75) is 15.5 Å². The van der Waals surface area contributed by atoms with Crippen molar-refractivity contribution in [3.05, 3.63) is 48.0 Å². The number of piperazine rings is 1. The number of carbonyl (C=O) groups is 1. The van der Waals surface area contributed by atoms with Gasteiger partial charge in [0.2, 0.25) is 10.0 Å². The zero-order valence-corrected chi connectivity index (χ0v) is 18.6. The van der Waals surface area contributed by atoms with Crippen molar-refractivity contribution in [3.8, 4) is 11.5 Å². The van der Waals surface area contributed by atoms with Crippen molar-refractivity contribution in [2.24, 2.45) is 0 Å². The quantitative estimate of drug-likeness (QED) is 0.577. The van der Waals surface area contributed by atoms with E-state index in [4.69, 9.17) is 9.47 Å². The lowest BCUT2D eigenvalue weighted by atomic mass is 10.2. The number of alkyl halides is 2. The van der Waals surface area contributed by atoms with Gasteiger partial charge in [0.1, 0.15) is 0 Å². The molecule has 1 fully saturated rings. The van der Waals surface area contributed by atoms with E-state index in [1.54, 1.807) is 4.90 Å². The van der Waals surface area contributed by atoms with Crippen molar-refractivity contribution >= 4 is 27.7 Å². The van der Waals surface area contributed by atoms with Crippen molar-refractivity contribution in [2.75, 3.05) is 40.4 Å². The van der Waals surface area contributed by atoms with Crippen LogP contribution >= 0.6 is 11.8 Å². The van der Waals surface area contributed by atoms with Gasteiger partial charge in [0.25, 0.3) is 11.7 Å². The first-order valence-corrected chi connectivity index (χ1v) is 11.6. The molecular formula is C20H22F2N2O5S2. The molecule has 0 spiro atoms. The zero-order valence-electron chi connectivity index (χ0n) is 17.0. The number of halogens is 2. The largest absolute Gasteiger partial charge is 0.493 e. The van der Waals surface area contributed by atoms with Crippen LogP contribution in [-0.4, -0.2) is 69.7 Å². The SMILES string of the molecule is COc1ccc(S(=O)(=O)N2CCN(C(=O)c3ccc(SC(F)F)cc3)CC2)cc1OC. The molecule has 0 aliphatic carbocycles. The third-order valence-corrected chi connectivity index (χ3v) is 7.46. The fourth-order valence-corrected chi connectivity index (χ4v) is 5.16. The Bertz CT molecular complexity index is 1020. The lowest BCUT2D eigenvalue weighted by Gasteiger charge is -2.34. The van der Waals surface area contributed by atoms with Crippen LogP contribution in [0.3, 0.4) is 0 Å². The number of hydrogen-bond donors (Lipinski definition) is 0. The highest BCUT2D eigenvalue weighted by atomic mass is 32.2. The molecule has 168 valence electrons. The molecule has 2 aromatic carbocycles. The summed E-state index contributed by atoms with van der Waals surface area (Å²) in [6.07, 6.45) is 0. The van der Waals surface area contributed by atoms with Crippen molar-refractivity contribution < 1.29 is 31.5 Å². The summed E-state index contributed by atoms with van der Waals surface area (Å²) in [5.74, 6) is -2.06. The topological polar surface area (TPSA) is 76.2 Å².